The van der Waals surface area contributed by atoms with Gasteiger partial charge in [0.2, 0.25) is 0 Å². The van der Waals surface area contributed by atoms with Crippen LogP contribution in [0.5, 0.6) is 0 Å². The van der Waals surface area contributed by atoms with E-state index < -0.39 is 9.02 Å². The lowest BCUT2D eigenvalue weighted by atomic mass is 9.84. The third kappa shape index (κ3) is 5.95. The highest BCUT2D eigenvalue weighted by Crippen LogP contribution is 2.35. The van der Waals surface area contributed by atoms with Crippen LogP contribution in [0.1, 0.15) is 45.1 Å². The molecule has 0 amide bonds. The van der Waals surface area contributed by atoms with Crippen LogP contribution in [0.3, 0.4) is 0 Å². The zero-order chi connectivity index (χ0) is 18.3. The number of rotatable bonds is 7. The Morgan fingerprint density at radius 1 is 1.20 bits per heavy atom. The van der Waals surface area contributed by atoms with Gasteiger partial charge in [0.05, 0.1) is 6.61 Å². The predicted molar refractivity (Wildman–Crippen MR) is 105 cm³/mol. The van der Waals surface area contributed by atoms with E-state index in [1.165, 1.54) is 0 Å². The van der Waals surface area contributed by atoms with Crippen LogP contribution >= 0.6 is 22.6 Å². The van der Waals surface area contributed by atoms with Crippen molar-refractivity contribution < 1.29 is 19.1 Å². The van der Waals surface area contributed by atoms with Crippen LogP contribution < -0.4 is 5.32 Å². The molecule has 5 nitrogen and oxygen atoms in total. The maximum atomic E-state index is 12.3. The number of carbonyl (C=O) groups excluding carboxylic acids is 2. The molecule has 0 atom stereocenters. The molecule has 1 aliphatic rings. The molecular weight excluding hydrogens is 433 g/mol. The molecule has 138 valence electrons. The SMILES string of the molecule is CC(C)(I)C(=O)OCCCC(=O)OC1(c2ccccc2)CCNCC1. The van der Waals surface area contributed by atoms with Gasteiger partial charge in [-0.15, -0.1) is 0 Å². The quantitative estimate of drug-likeness (QED) is 0.293. The molecule has 2 rings (SSSR count). The highest BCUT2D eigenvalue weighted by atomic mass is 127. The summed E-state index contributed by atoms with van der Waals surface area (Å²) >= 11 is 2.04. The summed E-state index contributed by atoms with van der Waals surface area (Å²) < 4.78 is 10.6. The number of halogens is 1. The van der Waals surface area contributed by atoms with Crippen molar-refractivity contribution in [1.82, 2.24) is 5.32 Å². The fraction of sp³-hybridized carbons (Fsp3) is 0.579. The first-order valence-corrected chi connectivity index (χ1v) is 9.76. The van der Waals surface area contributed by atoms with Crippen LogP contribution in [0.25, 0.3) is 0 Å². The summed E-state index contributed by atoms with van der Waals surface area (Å²) in [7, 11) is 0. The minimum atomic E-state index is -0.551. The van der Waals surface area contributed by atoms with E-state index >= 15 is 0 Å². The van der Waals surface area contributed by atoms with Crippen molar-refractivity contribution in [3.63, 3.8) is 0 Å². The van der Waals surface area contributed by atoms with E-state index in [1.807, 2.05) is 52.9 Å². The number of hydrogen-bond donors (Lipinski definition) is 1. The van der Waals surface area contributed by atoms with Gasteiger partial charge in [-0.25, -0.2) is 0 Å². The Balaban J connectivity index is 1.87. The molecule has 1 aromatic rings. The minimum absolute atomic E-state index is 0.236. The average Bonchev–Trinajstić information content (AvgIpc) is 2.59. The highest BCUT2D eigenvalue weighted by Gasteiger charge is 2.37. The van der Waals surface area contributed by atoms with Crippen LogP contribution in [0.2, 0.25) is 0 Å². The summed E-state index contributed by atoms with van der Waals surface area (Å²) in [5.74, 6) is -0.504. The standard InChI is InChI=1S/C19H26INO4/c1-18(2,20)17(23)24-14-6-9-16(22)25-19(10-12-21-13-11-19)15-7-4-3-5-8-15/h3-5,7-8,21H,6,9-14H2,1-2H3. The summed E-state index contributed by atoms with van der Waals surface area (Å²) in [5, 5.41) is 3.31. The number of piperidine rings is 1. The Kier molecular flexibility index (Phi) is 7.25. The zero-order valence-electron chi connectivity index (χ0n) is 14.8. The largest absolute Gasteiger partial charge is 0.465 e. The van der Waals surface area contributed by atoms with E-state index in [9.17, 15) is 9.59 Å². The zero-order valence-corrected chi connectivity index (χ0v) is 17.0. The molecule has 1 heterocycles. The van der Waals surface area contributed by atoms with Gasteiger partial charge < -0.3 is 14.8 Å². The van der Waals surface area contributed by atoms with Gasteiger partial charge in [-0.1, -0.05) is 52.9 Å². The molecule has 0 radical (unpaired) electrons. The van der Waals surface area contributed by atoms with Crippen molar-refractivity contribution >= 4 is 34.5 Å². The molecule has 0 unspecified atom stereocenters. The lowest BCUT2D eigenvalue weighted by Gasteiger charge is -2.37. The van der Waals surface area contributed by atoms with Crippen molar-refractivity contribution in [2.24, 2.45) is 0 Å². The second kappa shape index (κ2) is 8.98. The average molecular weight is 459 g/mol. The van der Waals surface area contributed by atoms with Gasteiger partial charge >= 0.3 is 11.9 Å². The number of ether oxygens (including phenoxy) is 2. The number of carbonyl (C=O) groups is 2. The third-order valence-electron chi connectivity index (χ3n) is 4.26. The number of nitrogens with one attached hydrogen (secondary N) is 1. The molecule has 0 aliphatic carbocycles. The molecule has 1 aliphatic heterocycles. The van der Waals surface area contributed by atoms with E-state index in [-0.39, 0.29) is 25.0 Å². The Labute approximate surface area is 163 Å². The molecule has 0 saturated carbocycles. The smallest absolute Gasteiger partial charge is 0.321 e. The second-order valence-electron chi connectivity index (χ2n) is 6.80. The lowest BCUT2D eigenvalue weighted by molar-refractivity contribution is -0.165. The van der Waals surface area contributed by atoms with Crippen molar-refractivity contribution in [2.75, 3.05) is 19.7 Å². The molecule has 1 saturated heterocycles. The molecule has 1 N–H and O–H groups in total. The maximum absolute atomic E-state index is 12.3. The lowest BCUT2D eigenvalue weighted by Crippen LogP contribution is -2.43. The Bertz CT molecular complexity index is 577. The van der Waals surface area contributed by atoms with Gasteiger partial charge in [0.25, 0.3) is 0 Å². The molecule has 6 heteroatoms. The normalized spacial score (nSPS) is 16.9. The number of alkyl halides is 1. The molecule has 25 heavy (non-hydrogen) atoms. The van der Waals surface area contributed by atoms with Gasteiger partial charge in [-0.05, 0) is 38.9 Å². The molecule has 0 spiro atoms. The Hall–Kier alpha value is -1.15. The van der Waals surface area contributed by atoms with E-state index in [4.69, 9.17) is 9.47 Å². The van der Waals surface area contributed by atoms with Crippen molar-refractivity contribution in [2.45, 2.75) is 48.6 Å². The van der Waals surface area contributed by atoms with E-state index in [0.717, 1.165) is 31.5 Å². The summed E-state index contributed by atoms with van der Waals surface area (Å²) in [5.41, 5.74) is 0.493. The van der Waals surface area contributed by atoms with Gasteiger partial charge in [0.15, 0.2) is 0 Å². The number of esters is 2. The van der Waals surface area contributed by atoms with Gasteiger partial charge in [-0.3, -0.25) is 9.59 Å². The van der Waals surface area contributed by atoms with Crippen molar-refractivity contribution in [3.05, 3.63) is 35.9 Å². The van der Waals surface area contributed by atoms with Crippen LogP contribution in [-0.4, -0.2) is 35.1 Å². The monoisotopic (exact) mass is 459 g/mol. The molecular formula is C19H26INO4. The number of hydrogen-bond acceptors (Lipinski definition) is 5. The topological polar surface area (TPSA) is 64.6 Å². The Morgan fingerprint density at radius 3 is 2.44 bits per heavy atom. The van der Waals surface area contributed by atoms with Crippen LogP contribution in [-0.2, 0) is 24.7 Å². The van der Waals surface area contributed by atoms with Gasteiger partial charge in [0.1, 0.15) is 9.02 Å². The Morgan fingerprint density at radius 2 is 1.84 bits per heavy atom. The van der Waals surface area contributed by atoms with Crippen LogP contribution in [0.4, 0.5) is 0 Å². The fourth-order valence-corrected chi connectivity index (χ4v) is 3.00. The van der Waals surface area contributed by atoms with E-state index in [0.29, 0.717) is 6.42 Å². The molecule has 0 aromatic heterocycles. The predicted octanol–water partition coefficient (Wildman–Crippen LogP) is 3.35. The first-order valence-electron chi connectivity index (χ1n) is 8.68. The second-order valence-corrected chi connectivity index (χ2v) is 9.49. The van der Waals surface area contributed by atoms with Gasteiger partial charge in [0, 0.05) is 19.3 Å². The van der Waals surface area contributed by atoms with Crippen LogP contribution in [0, 0.1) is 0 Å². The summed E-state index contributed by atoms with van der Waals surface area (Å²) in [6.45, 7) is 5.48. The van der Waals surface area contributed by atoms with Gasteiger partial charge in [-0.2, -0.15) is 0 Å². The minimum Gasteiger partial charge on any atom is -0.465 e. The third-order valence-corrected chi connectivity index (χ3v) is 4.70. The maximum Gasteiger partial charge on any atom is 0.321 e. The summed E-state index contributed by atoms with van der Waals surface area (Å²) in [4.78, 5) is 24.1. The molecule has 0 bridgehead atoms. The summed E-state index contributed by atoms with van der Waals surface area (Å²) in [6.07, 6.45) is 2.25. The van der Waals surface area contributed by atoms with Crippen molar-refractivity contribution in [3.8, 4) is 0 Å². The van der Waals surface area contributed by atoms with E-state index in [2.05, 4.69) is 5.32 Å². The highest BCUT2D eigenvalue weighted by molar-refractivity contribution is 14.1. The number of benzene rings is 1. The first kappa shape index (κ1) is 20.2. The molecule has 1 fully saturated rings. The van der Waals surface area contributed by atoms with E-state index in [1.54, 1.807) is 13.8 Å². The van der Waals surface area contributed by atoms with Crippen LogP contribution in [0.15, 0.2) is 30.3 Å². The summed E-state index contributed by atoms with van der Waals surface area (Å²) in [6, 6.07) is 9.94. The molecule has 1 aromatic carbocycles. The van der Waals surface area contributed by atoms with Crippen molar-refractivity contribution in [1.29, 1.82) is 0 Å². The fourth-order valence-electron chi connectivity index (χ4n) is 2.84. The first-order chi connectivity index (χ1) is 11.8.